The Bertz CT molecular complexity index is 872. The highest BCUT2D eigenvalue weighted by atomic mass is 19.4. The molecule has 1 saturated heterocycles. The van der Waals surface area contributed by atoms with E-state index in [1.807, 2.05) is 0 Å². The highest BCUT2D eigenvalue weighted by Gasteiger charge is 2.66. The summed E-state index contributed by atoms with van der Waals surface area (Å²) in [7, 11) is 0. The van der Waals surface area contributed by atoms with E-state index >= 15 is 0 Å². The quantitative estimate of drug-likeness (QED) is 0.615. The molecule has 27 heavy (non-hydrogen) atoms. The van der Waals surface area contributed by atoms with Gasteiger partial charge in [-0.25, -0.2) is 4.79 Å². The minimum Gasteiger partial charge on any atom is -0.508 e. The summed E-state index contributed by atoms with van der Waals surface area (Å²) in [6.07, 6.45) is -5.34. The second kappa shape index (κ2) is 6.58. The van der Waals surface area contributed by atoms with Crippen molar-refractivity contribution in [2.24, 2.45) is 5.92 Å². The van der Waals surface area contributed by atoms with Crippen molar-refractivity contribution in [1.82, 2.24) is 10.6 Å². The Morgan fingerprint density at radius 2 is 1.63 bits per heavy atom. The summed E-state index contributed by atoms with van der Waals surface area (Å²) in [5, 5.41) is 24.1. The van der Waals surface area contributed by atoms with E-state index in [-0.39, 0.29) is 11.1 Å². The number of hydrogen-bond acceptors (Lipinski definition) is 4. The predicted octanol–water partition coefficient (Wildman–Crippen LogP) is 2.50. The van der Waals surface area contributed by atoms with Gasteiger partial charge in [0, 0.05) is 11.1 Å². The summed E-state index contributed by atoms with van der Waals surface area (Å²) < 4.78 is 41.1. The summed E-state index contributed by atoms with van der Waals surface area (Å²) >= 11 is 0. The van der Waals surface area contributed by atoms with Gasteiger partial charge in [-0.2, -0.15) is 13.2 Å². The number of carbonyl (C=O) groups excluding carboxylic acids is 2. The number of nitrogens with one attached hydrogen (secondary N) is 2. The van der Waals surface area contributed by atoms with E-state index in [1.165, 1.54) is 53.8 Å². The number of para-hydroxylation sites is 1. The van der Waals surface area contributed by atoms with Gasteiger partial charge in [0.2, 0.25) is 5.72 Å². The van der Waals surface area contributed by atoms with Gasteiger partial charge < -0.3 is 20.8 Å². The van der Waals surface area contributed by atoms with Crippen molar-refractivity contribution in [2.45, 2.75) is 17.9 Å². The number of Topliss-reactive ketones (excluding diaryl/α,β-unsaturated/α-hetero) is 1. The van der Waals surface area contributed by atoms with Gasteiger partial charge in [-0.3, -0.25) is 4.79 Å². The lowest BCUT2D eigenvalue weighted by Gasteiger charge is -2.45. The van der Waals surface area contributed by atoms with Crippen LogP contribution in [0.5, 0.6) is 5.75 Å². The maximum Gasteiger partial charge on any atom is 0.437 e. The lowest BCUT2D eigenvalue weighted by molar-refractivity contribution is -0.287. The molecule has 2 aromatic rings. The molecule has 0 saturated carbocycles. The Morgan fingerprint density at radius 1 is 1.04 bits per heavy atom. The van der Waals surface area contributed by atoms with E-state index in [2.05, 4.69) is 5.32 Å². The summed E-state index contributed by atoms with van der Waals surface area (Å²) in [4.78, 5) is 24.8. The second-order valence-corrected chi connectivity index (χ2v) is 6.11. The fraction of sp³-hybridized carbons (Fsp3) is 0.222. The van der Waals surface area contributed by atoms with Crippen molar-refractivity contribution in [3.63, 3.8) is 0 Å². The number of phenolic OH excluding ortho intramolecular Hbond substituents is 1. The average Bonchev–Trinajstić information content (AvgIpc) is 2.61. The fourth-order valence-electron chi connectivity index (χ4n) is 3.13. The SMILES string of the molecule is O=C1N[C@H](c2ccccc2O)[C@H](C(=O)c2ccccc2)[C@@](O)(C(F)(F)F)N1. The van der Waals surface area contributed by atoms with Gasteiger partial charge in [0.05, 0.1) is 6.04 Å². The zero-order valence-corrected chi connectivity index (χ0v) is 13.7. The smallest absolute Gasteiger partial charge is 0.437 e. The molecule has 2 amide bonds. The molecule has 0 radical (unpaired) electrons. The van der Waals surface area contributed by atoms with Crippen molar-refractivity contribution in [1.29, 1.82) is 0 Å². The van der Waals surface area contributed by atoms with E-state index in [9.17, 15) is 33.0 Å². The van der Waals surface area contributed by atoms with Crippen LogP contribution in [-0.4, -0.2) is 33.9 Å². The predicted molar refractivity (Wildman–Crippen MR) is 87.8 cm³/mol. The van der Waals surface area contributed by atoms with Crippen molar-refractivity contribution < 1.29 is 33.0 Å². The molecule has 3 atom stereocenters. The lowest BCUT2D eigenvalue weighted by atomic mass is 9.77. The van der Waals surface area contributed by atoms with Gasteiger partial charge in [-0.1, -0.05) is 48.5 Å². The van der Waals surface area contributed by atoms with E-state index in [0.29, 0.717) is 0 Å². The number of hydrogen-bond donors (Lipinski definition) is 4. The monoisotopic (exact) mass is 380 g/mol. The maximum absolute atomic E-state index is 13.7. The molecule has 1 heterocycles. The van der Waals surface area contributed by atoms with Crippen LogP contribution in [0.3, 0.4) is 0 Å². The van der Waals surface area contributed by atoms with Gasteiger partial charge in [0.25, 0.3) is 0 Å². The largest absolute Gasteiger partial charge is 0.508 e. The molecular weight excluding hydrogens is 365 g/mol. The first-order chi connectivity index (χ1) is 12.6. The Morgan fingerprint density at radius 3 is 2.22 bits per heavy atom. The molecule has 6 nitrogen and oxygen atoms in total. The molecule has 0 aromatic heterocycles. The first kappa shape index (κ1) is 18.7. The van der Waals surface area contributed by atoms with Gasteiger partial charge in [-0.05, 0) is 6.07 Å². The number of phenols is 1. The van der Waals surface area contributed by atoms with Crippen LogP contribution in [0.1, 0.15) is 22.0 Å². The molecule has 1 aliphatic heterocycles. The maximum atomic E-state index is 13.7. The first-order valence-corrected chi connectivity index (χ1v) is 7.90. The van der Waals surface area contributed by atoms with Crippen molar-refractivity contribution >= 4 is 11.8 Å². The van der Waals surface area contributed by atoms with Crippen LogP contribution in [0.25, 0.3) is 0 Å². The first-order valence-electron chi connectivity index (χ1n) is 7.90. The van der Waals surface area contributed by atoms with Gasteiger partial charge in [0.1, 0.15) is 11.7 Å². The number of aliphatic hydroxyl groups is 1. The zero-order valence-electron chi connectivity index (χ0n) is 13.7. The summed E-state index contributed by atoms with van der Waals surface area (Å²) in [5.74, 6) is -3.64. The molecule has 0 bridgehead atoms. The second-order valence-electron chi connectivity index (χ2n) is 6.11. The number of amides is 2. The van der Waals surface area contributed by atoms with Crippen LogP contribution in [-0.2, 0) is 0 Å². The third-order valence-corrected chi connectivity index (χ3v) is 4.42. The molecule has 2 aromatic carbocycles. The van der Waals surface area contributed by atoms with E-state index in [0.717, 1.165) is 0 Å². The molecule has 1 aliphatic rings. The average molecular weight is 380 g/mol. The number of ketones is 1. The van der Waals surface area contributed by atoms with Gasteiger partial charge >= 0.3 is 12.2 Å². The van der Waals surface area contributed by atoms with Gasteiger partial charge in [0.15, 0.2) is 5.78 Å². The molecule has 0 spiro atoms. The number of halogens is 3. The number of urea groups is 1. The lowest BCUT2D eigenvalue weighted by Crippen LogP contribution is -2.72. The standard InChI is InChI=1S/C18H15F3N2O4/c19-18(20,21)17(27)13(15(25)10-6-2-1-3-7-10)14(22-16(26)23-17)11-8-4-5-9-12(11)24/h1-9,13-14,24,27H,(H2,22,23,26)/t13-,14-,17-/m1/s1. The molecular formula is C18H15F3N2O4. The Kier molecular flexibility index (Phi) is 4.56. The third-order valence-electron chi connectivity index (χ3n) is 4.42. The molecule has 0 unspecified atom stereocenters. The van der Waals surface area contributed by atoms with Crippen LogP contribution in [0.4, 0.5) is 18.0 Å². The number of carbonyl (C=O) groups is 2. The van der Waals surface area contributed by atoms with E-state index in [1.54, 1.807) is 6.07 Å². The van der Waals surface area contributed by atoms with Crippen LogP contribution in [0.2, 0.25) is 0 Å². The normalized spacial score (nSPS) is 25.4. The van der Waals surface area contributed by atoms with Gasteiger partial charge in [-0.15, -0.1) is 0 Å². The fourth-order valence-corrected chi connectivity index (χ4v) is 3.13. The van der Waals surface area contributed by atoms with E-state index in [4.69, 9.17) is 0 Å². The van der Waals surface area contributed by atoms with Crippen molar-refractivity contribution in [3.05, 3.63) is 65.7 Å². The Labute approximate surface area is 151 Å². The Hall–Kier alpha value is -3.07. The number of rotatable bonds is 3. The Balaban J connectivity index is 2.19. The summed E-state index contributed by atoms with van der Waals surface area (Å²) in [5.41, 5.74) is -4.03. The van der Waals surface area contributed by atoms with Crippen LogP contribution in [0.15, 0.2) is 54.6 Å². The summed E-state index contributed by atoms with van der Waals surface area (Å²) in [6.45, 7) is 0. The van der Waals surface area contributed by atoms with Crippen molar-refractivity contribution in [3.8, 4) is 5.75 Å². The molecule has 3 rings (SSSR count). The highest BCUT2D eigenvalue weighted by molar-refractivity contribution is 6.00. The van der Waals surface area contributed by atoms with Crippen LogP contribution in [0, 0.1) is 5.92 Å². The topological polar surface area (TPSA) is 98.7 Å². The van der Waals surface area contributed by atoms with Crippen molar-refractivity contribution in [2.75, 3.05) is 0 Å². The zero-order chi connectivity index (χ0) is 19.8. The molecule has 0 aliphatic carbocycles. The van der Waals surface area contributed by atoms with Crippen LogP contribution >= 0.6 is 0 Å². The third kappa shape index (κ3) is 3.21. The molecule has 1 fully saturated rings. The van der Waals surface area contributed by atoms with Crippen LogP contribution < -0.4 is 10.6 Å². The number of aromatic hydroxyl groups is 1. The number of benzene rings is 2. The van der Waals surface area contributed by atoms with E-state index < -0.39 is 41.4 Å². The molecule has 9 heteroatoms. The highest BCUT2D eigenvalue weighted by Crippen LogP contribution is 2.45. The minimum absolute atomic E-state index is 0.0801. The molecule has 4 N–H and O–H groups in total. The number of alkyl halides is 3. The minimum atomic E-state index is -5.34. The molecule has 142 valence electrons. The summed E-state index contributed by atoms with van der Waals surface area (Å²) in [6, 6.07) is 9.52.